The zero-order valence-electron chi connectivity index (χ0n) is 12.1. The molecular formula is C18H19ClFN. The number of hydrogen-bond donors (Lipinski definition) is 1. The Morgan fingerprint density at radius 1 is 1.05 bits per heavy atom. The summed E-state index contributed by atoms with van der Waals surface area (Å²) >= 11 is 5.80. The fourth-order valence-electron chi connectivity index (χ4n) is 3.16. The second-order valence-electron chi connectivity index (χ2n) is 5.79. The molecule has 3 rings (SSSR count). The lowest BCUT2D eigenvalue weighted by molar-refractivity contribution is 0.403. The van der Waals surface area contributed by atoms with Gasteiger partial charge in [-0.25, -0.2) is 4.39 Å². The van der Waals surface area contributed by atoms with E-state index in [1.54, 1.807) is 12.1 Å². The summed E-state index contributed by atoms with van der Waals surface area (Å²) < 4.78 is 13.8. The number of benzene rings is 2. The summed E-state index contributed by atoms with van der Waals surface area (Å²) in [6.07, 6.45) is 1.01. The highest BCUT2D eigenvalue weighted by molar-refractivity contribution is 6.30. The van der Waals surface area contributed by atoms with E-state index in [1.165, 1.54) is 11.1 Å². The van der Waals surface area contributed by atoms with E-state index in [0.29, 0.717) is 11.8 Å². The first-order chi connectivity index (χ1) is 10.1. The molecule has 0 aromatic heterocycles. The molecule has 0 amide bonds. The van der Waals surface area contributed by atoms with Gasteiger partial charge in [-0.15, -0.1) is 0 Å². The second kappa shape index (κ2) is 6.17. The molecule has 1 fully saturated rings. The molecule has 1 aliphatic rings. The summed E-state index contributed by atoms with van der Waals surface area (Å²) in [6.45, 7) is 3.99. The van der Waals surface area contributed by atoms with Crippen LogP contribution in [0.5, 0.6) is 0 Å². The molecule has 2 unspecified atom stereocenters. The van der Waals surface area contributed by atoms with Crippen molar-refractivity contribution in [3.05, 3.63) is 70.0 Å². The van der Waals surface area contributed by atoms with Crippen LogP contribution in [0.3, 0.4) is 0 Å². The van der Waals surface area contributed by atoms with Crippen molar-refractivity contribution in [2.75, 3.05) is 13.1 Å². The molecule has 1 aliphatic heterocycles. The van der Waals surface area contributed by atoms with Crippen molar-refractivity contribution in [3.8, 4) is 0 Å². The van der Waals surface area contributed by atoms with Gasteiger partial charge in [0.2, 0.25) is 0 Å². The highest BCUT2D eigenvalue weighted by Crippen LogP contribution is 2.38. The Hall–Kier alpha value is -1.38. The molecule has 1 nitrogen and oxygen atoms in total. The maximum absolute atomic E-state index is 13.8. The third-order valence-corrected chi connectivity index (χ3v) is 4.67. The van der Waals surface area contributed by atoms with Crippen LogP contribution < -0.4 is 5.32 Å². The van der Waals surface area contributed by atoms with Crippen LogP contribution in [0.1, 0.15) is 34.9 Å². The number of piperidine rings is 1. The van der Waals surface area contributed by atoms with Gasteiger partial charge in [-0.1, -0.05) is 47.5 Å². The van der Waals surface area contributed by atoms with Crippen molar-refractivity contribution in [3.63, 3.8) is 0 Å². The van der Waals surface area contributed by atoms with Crippen LogP contribution in [0.4, 0.5) is 4.39 Å². The number of hydrogen-bond acceptors (Lipinski definition) is 1. The van der Waals surface area contributed by atoms with Crippen LogP contribution in [-0.4, -0.2) is 13.1 Å². The van der Waals surface area contributed by atoms with Crippen LogP contribution in [0, 0.1) is 12.7 Å². The highest BCUT2D eigenvalue weighted by Gasteiger charge is 2.28. The summed E-state index contributed by atoms with van der Waals surface area (Å²) in [5, 5.41) is 3.65. The van der Waals surface area contributed by atoms with Crippen molar-refractivity contribution in [2.24, 2.45) is 0 Å². The van der Waals surface area contributed by atoms with Crippen molar-refractivity contribution in [1.29, 1.82) is 0 Å². The van der Waals surface area contributed by atoms with Gasteiger partial charge >= 0.3 is 0 Å². The maximum Gasteiger partial charge on any atom is 0.142 e. The summed E-state index contributed by atoms with van der Waals surface area (Å²) in [4.78, 5) is 0. The summed E-state index contributed by atoms with van der Waals surface area (Å²) in [5.41, 5.74) is 3.62. The smallest absolute Gasteiger partial charge is 0.142 e. The van der Waals surface area contributed by atoms with Gasteiger partial charge in [0.1, 0.15) is 5.82 Å². The lowest BCUT2D eigenvalue weighted by atomic mass is 9.77. The SMILES string of the molecule is Cc1ccc(C2CNCCC2c2ccc(Cl)c(F)c2)cc1. The fourth-order valence-corrected chi connectivity index (χ4v) is 3.28. The number of aryl methyl sites for hydroxylation is 1. The van der Waals surface area contributed by atoms with Crippen molar-refractivity contribution < 1.29 is 4.39 Å². The minimum atomic E-state index is -0.324. The Morgan fingerprint density at radius 3 is 2.48 bits per heavy atom. The molecule has 1 N–H and O–H groups in total. The minimum absolute atomic E-state index is 0.194. The Balaban J connectivity index is 1.94. The minimum Gasteiger partial charge on any atom is -0.316 e. The maximum atomic E-state index is 13.8. The molecule has 2 atom stereocenters. The Morgan fingerprint density at radius 2 is 1.76 bits per heavy atom. The molecule has 0 bridgehead atoms. The van der Waals surface area contributed by atoms with Crippen molar-refractivity contribution in [1.82, 2.24) is 5.32 Å². The first-order valence-corrected chi connectivity index (χ1v) is 7.75. The molecular weight excluding hydrogens is 285 g/mol. The summed E-state index contributed by atoms with van der Waals surface area (Å²) in [7, 11) is 0. The van der Waals surface area contributed by atoms with Gasteiger partial charge in [-0.2, -0.15) is 0 Å². The molecule has 0 radical (unpaired) electrons. The van der Waals surface area contributed by atoms with Crippen LogP contribution >= 0.6 is 11.6 Å². The fraction of sp³-hybridized carbons (Fsp3) is 0.333. The van der Waals surface area contributed by atoms with Crippen LogP contribution in [0.2, 0.25) is 5.02 Å². The van der Waals surface area contributed by atoms with Gasteiger partial charge in [-0.05, 0) is 49.1 Å². The molecule has 0 saturated carbocycles. The summed E-state index contributed by atoms with van der Waals surface area (Å²) in [6, 6.07) is 13.9. The highest BCUT2D eigenvalue weighted by atomic mass is 35.5. The molecule has 1 heterocycles. The Kier molecular flexibility index (Phi) is 4.27. The Labute approximate surface area is 130 Å². The number of nitrogens with one attached hydrogen (secondary N) is 1. The van der Waals surface area contributed by atoms with Gasteiger partial charge in [0.25, 0.3) is 0 Å². The second-order valence-corrected chi connectivity index (χ2v) is 6.20. The number of rotatable bonds is 2. The number of halogens is 2. The Bertz CT molecular complexity index is 624. The van der Waals surface area contributed by atoms with Crippen LogP contribution in [-0.2, 0) is 0 Å². The predicted molar refractivity (Wildman–Crippen MR) is 85.6 cm³/mol. The van der Waals surface area contributed by atoms with Gasteiger partial charge in [0, 0.05) is 12.5 Å². The van der Waals surface area contributed by atoms with Crippen LogP contribution in [0.25, 0.3) is 0 Å². The van der Waals surface area contributed by atoms with Crippen LogP contribution in [0.15, 0.2) is 42.5 Å². The molecule has 2 aromatic carbocycles. The van der Waals surface area contributed by atoms with E-state index in [9.17, 15) is 4.39 Å². The third-order valence-electron chi connectivity index (χ3n) is 4.36. The molecule has 21 heavy (non-hydrogen) atoms. The predicted octanol–water partition coefficient (Wildman–Crippen LogP) is 4.65. The van der Waals surface area contributed by atoms with E-state index in [0.717, 1.165) is 25.1 Å². The van der Waals surface area contributed by atoms with E-state index >= 15 is 0 Å². The molecule has 0 aliphatic carbocycles. The van der Waals surface area contributed by atoms with Gasteiger partial charge in [0.15, 0.2) is 0 Å². The van der Waals surface area contributed by atoms with E-state index in [1.807, 2.05) is 6.07 Å². The third kappa shape index (κ3) is 3.12. The molecule has 0 spiro atoms. The van der Waals surface area contributed by atoms with Crippen molar-refractivity contribution >= 4 is 11.6 Å². The standard InChI is InChI=1S/C18H19ClFN/c1-12-2-4-13(5-3-12)16-11-21-9-8-15(16)14-6-7-17(19)18(20)10-14/h2-7,10,15-16,21H,8-9,11H2,1H3. The zero-order valence-corrected chi connectivity index (χ0v) is 12.8. The van der Waals surface area contributed by atoms with Gasteiger partial charge in [-0.3, -0.25) is 0 Å². The first-order valence-electron chi connectivity index (χ1n) is 7.37. The average Bonchev–Trinajstić information content (AvgIpc) is 2.51. The lowest BCUT2D eigenvalue weighted by Gasteiger charge is -2.33. The van der Waals surface area contributed by atoms with Gasteiger partial charge in [0.05, 0.1) is 5.02 Å². The molecule has 1 saturated heterocycles. The zero-order chi connectivity index (χ0) is 14.8. The summed E-state index contributed by atoms with van der Waals surface area (Å²) in [5.74, 6) is 0.385. The largest absolute Gasteiger partial charge is 0.316 e. The van der Waals surface area contributed by atoms with E-state index in [4.69, 9.17) is 11.6 Å². The van der Waals surface area contributed by atoms with E-state index < -0.39 is 0 Å². The quantitative estimate of drug-likeness (QED) is 0.851. The normalized spacial score (nSPS) is 22.2. The van der Waals surface area contributed by atoms with Crippen molar-refractivity contribution in [2.45, 2.75) is 25.2 Å². The molecule has 2 aromatic rings. The monoisotopic (exact) mass is 303 g/mol. The molecule has 3 heteroatoms. The van der Waals surface area contributed by atoms with Gasteiger partial charge < -0.3 is 5.32 Å². The topological polar surface area (TPSA) is 12.0 Å². The molecule has 110 valence electrons. The van der Waals surface area contributed by atoms with E-state index in [-0.39, 0.29) is 10.8 Å². The lowest BCUT2D eigenvalue weighted by Crippen LogP contribution is -2.34. The first kappa shape index (κ1) is 14.6. The average molecular weight is 304 g/mol. The van der Waals surface area contributed by atoms with E-state index in [2.05, 4.69) is 36.5 Å².